The molecule has 1 N–H and O–H groups in total. The molecule has 2 aliphatic rings. The zero-order valence-corrected chi connectivity index (χ0v) is 15.5. The maximum absolute atomic E-state index is 13.0. The molecule has 142 valence electrons. The van der Waals surface area contributed by atoms with Crippen LogP contribution in [0.1, 0.15) is 40.4 Å². The average Bonchev–Trinajstić information content (AvgIpc) is 3.35. The Kier molecular flexibility index (Phi) is 3.72. The lowest BCUT2D eigenvalue weighted by Crippen LogP contribution is -2.56. The Labute approximate surface area is 161 Å². The Hall–Kier alpha value is -3.22. The van der Waals surface area contributed by atoms with E-state index in [2.05, 4.69) is 19.9 Å². The topological polar surface area (TPSA) is 86.1 Å². The standard InChI is InChI=1S/C21H20N4O3/c1-28-20(27)21(9-13-4-2-3-5-14(13)10-21)24-19(26)15-8-17-18(22-11-15)25(12-23-17)16-6-7-16/h2-5,8,11-12,16H,6-7,9-10H2,1H3,(H,24,26). The number of esters is 1. The SMILES string of the molecule is COC(=O)C1(NC(=O)c2cnc3c(c2)ncn3C2CC2)Cc2ccccc2C1. The predicted molar refractivity (Wildman–Crippen MR) is 102 cm³/mol. The first kappa shape index (κ1) is 16.9. The van der Waals surface area contributed by atoms with Gasteiger partial charge in [0.15, 0.2) is 5.65 Å². The Bertz CT molecular complexity index is 1070. The summed E-state index contributed by atoms with van der Waals surface area (Å²) in [6.07, 6.45) is 6.42. The molecular weight excluding hydrogens is 356 g/mol. The number of rotatable bonds is 4. The van der Waals surface area contributed by atoms with E-state index >= 15 is 0 Å². The normalized spacial score (nSPS) is 17.3. The summed E-state index contributed by atoms with van der Waals surface area (Å²) in [5.74, 6) is -0.794. The van der Waals surface area contributed by atoms with E-state index in [-0.39, 0.29) is 5.91 Å². The van der Waals surface area contributed by atoms with Gasteiger partial charge in [-0.15, -0.1) is 0 Å². The lowest BCUT2D eigenvalue weighted by molar-refractivity contribution is -0.147. The van der Waals surface area contributed by atoms with Crippen molar-refractivity contribution in [1.29, 1.82) is 0 Å². The van der Waals surface area contributed by atoms with Gasteiger partial charge in [-0.05, 0) is 30.0 Å². The summed E-state index contributed by atoms with van der Waals surface area (Å²) < 4.78 is 7.08. The third-order valence-corrected chi connectivity index (χ3v) is 5.65. The quantitative estimate of drug-likeness (QED) is 0.706. The largest absolute Gasteiger partial charge is 0.467 e. The van der Waals surface area contributed by atoms with Gasteiger partial charge < -0.3 is 14.6 Å². The molecule has 5 rings (SSSR count). The van der Waals surface area contributed by atoms with Gasteiger partial charge in [0.1, 0.15) is 11.1 Å². The van der Waals surface area contributed by atoms with Crippen LogP contribution in [0.4, 0.5) is 0 Å². The molecule has 0 atom stereocenters. The smallest absolute Gasteiger partial charge is 0.332 e. The summed E-state index contributed by atoms with van der Waals surface area (Å²) >= 11 is 0. The molecule has 1 amide bonds. The number of hydrogen-bond acceptors (Lipinski definition) is 5. The summed E-state index contributed by atoms with van der Waals surface area (Å²) in [5, 5.41) is 2.92. The maximum Gasteiger partial charge on any atom is 0.332 e. The van der Waals surface area contributed by atoms with Crippen LogP contribution in [0.3, 0.4) is 0 Å². The molecule has 2 aromatic heterocycles. The van der Waals surface area contributed by atoms with Crippen LogP contribution in [-0.2, 0) is 22.4 Å². The van der Waals surface area contributed by atoms with E-state index in [4.69, 9.17) is 4.74 Å². The van der Waals surface area contributed by atoms with Crippen molar-refractivity contribution >= 4 is 23.0 Å². The predicted octanol–water partition coefficient (Wildman–Crippen LogP) is 2.21. The second-order valence-electron chi connectivity index (χ2n) is 7.60. The maximum atomic E-state index is 13.0. The molecule has 7 nitrogen and oxygen atoms in total. The van der Waals surface area contributed by atoms with Crippen molar-refractivity contribution < 1.29 is 14.3 Å². The molecular formula is C21H20N4O3. The third kappa shape index (κ3) is 2.66. The first-order valence-electron chi connectivity index (χ1n) is 9.40. The highest BCUT2D eigenvalue weighted by atomic mass is 16.5. The second kappa shape index (κ2) is 6.15. The fourth-order valence-electron chi connectivity index (χ4n) is 4.05. The lowest BCUT2D eigenvalue weighted by Gasteiger charge is -2.27. The third-order valence-electron chi connectivity index (χ3n) is 5.65. The van der Waals surface area contributed by atoms with Crippen LogP contribution in [0.5, 0.6) is 0 Å². The summed E-state index contributed by atoms with van der Waals surface area (Å²) in [7, 11) is 1.34. The minimum atomic E-state index is -1.10. The van der Waals surface area contributed by atoms with Gasteiger partial charge in [0.2, 0.25) is 0 Å². The number of fused-ring (bicyclic) bond motifs is 2. The summed E-state index contributed by atoms with van der Waals surface area (Å²) in [6, 6.07) is 10.0. The number of pyridine rings is 1. The van der Waals surface area contributed by atoms with Gasteiger partial charge in [0.25, 0.3) is 5.91 Å². The van der Waals surface area contributed by atoms with Crippen molar-refractivity contribution in [2.45, 2.75) is 37.3 Å². The van der Waals surface area contributed by atoms with E-state index in [1.165, 1.54) is 7.11 Å². The number of benzene rings is 1. The second-order valence-corrected chi connectivity index (χ2v) is 7.60. The van der Waals surface area contributed by atoms with E-state index in [9.17, 15) is 9.59 Å². The Morgan fingerprint density at radius 2 is 1.89 bits per heavy atom. The van der Waals surface area contributed by atoms with Crippen LogP contribution in [0.15, 0.2) is 42.9 Å². The van der Waals surface area contributed by atoms with E-state index < -0.39 is 11.5 Å². The van der Waals surface area contributed by atoms with Crippen LogP contribution in [0.25, 0.3) is 11.2 Å². The van der Waals surface area contributed by atoms with Crippen molar-refractivity contribution in [2.75, 3.05) is 7.11 Å². The van der Waals surface area contributed by atoms with E-state index in [0.29, 0.717) is 30.0 Å². The number of methoxy groups -OCH3 is 1. The van der Waals surface area contributed by atoms with Gasteiger partial charge in [-0.25, -0.2) is 14.8 Å². The summed E-state index contributed by atoms with van der Waals surface area (Å²) in [5.41, 5.74) is 2.84. The van der Waals surface area contributed by atoms with Crippen molar-refractivity contribution in [3.05, 3.63) is 59.5 Å². The van der Waals surface area contributed by atoms with Gasteiger partial charge in [-0.3, -0.25) is 4.79 Å². The summed E-state index contributed by atoms with van der Waals surface area (Å²) in [6.45, 7) is 0. The molecule has 0 unspecified atom stereocenters. The highest BCUT2D eigenvalue weighted by molar-refractivity contribution is 6.00. The van der Waals surface area contributed by atoms with Gasteiger partial charge in [-0.1, -0.05) is 24.3 Å². The zero-order valence-electron chi connectivity index (χ0n) is 15.5. The molecule has 0 bridgehead atoms. The lowest BCUT2D eigenvalue weighted by atomic mass is 9.95. The number of ether oxygens (including phenoxy) is 1. The average molecular weight is 376 g/mol. The molecule has 28 heavy (non-hydrogen) atoms. The van der Waals surface area contributed by atoms with Gasteiger partial charge in [-0.2, -0.15) is 0 Å². The number of nitrogens with zero attached hydrogens (tertiary/aromatic N) is 3. The number of amides is 1. The van der Waals surface area contributed by atoms with Crippen LogP contribution >= 0.6 is 0 Å². The molecule has 0 saturated heterocycles. The van der Waals surface area contributed by atoms with Crippen molar-refractivity contribution in [1.82, 2.24) is 19.9 Å². The molecule has 2 heterocycles. The van der Waals surface area contributed by atoms with Crippen molar-refractivity contribution in [2.24, 2.45) is 0 Å². The molecule has 0 aliphatic heterocycles. The molecule has 1 fully saturated rings. The molecule has 0 spiro atoms. The number of nitrogens with one attached hydrogen (secondary N) is 1. The first-order valence-corrected chi connectivity index (χ1v) is 9.40. The Morgan fingerprint density at radius 3 is 2.54 bits per heavy atom. The van der Waals surface area contributed by atoms with Crippen LogP contribution in [0.2, 0.25) is 0 Å². The van der Waals surface area contributed by atoms with Gasteiger partial charge >= 0.3 is 5.97 Å². The highest BCUT2D eigenvalue weighted by Gasteiger charge is 2.46. The minimum Gasteiger partial charge on any atom is -0.467 e. The van der Waals surface area contributed by atoms with Crippen LogP contribution in [-0.4, -0.2) is 39.1 Å². The number of carbonyl (C=O) groups is 2. The van der Waals surface area contributed by atoms with Crippen molar-refractivity contribution in [3.63, 3.8) is 0 Å². The zero-order chi connectivity index (χ0) is 19.3. The minimum absolute atomic E-state index is 0.353. The van der Waals surface area contributed by atoms with Crippen LogP contribution in [0, 0.1) is 0 Å². The fourth-order valence-corrected chi connectivity index (χ4v) is 4.05. The fraction of sp³-hybridized carbons (Fsp3) is 0.333. The van der Waals surface area contributed by atoms with Crippen molar-refractivity contribution in [3.8, 4) is 0 Å². The number of aromatic nitrogens is 3. The molecule has 1 saturated carbocycles. The molecule has 7 heteroatoms. The Balaban J connectivity index is 1.44. The molecule has 2 aliphatic carbocycles. The first-order chi connectivity index (χ1) is 13.6. The van der Waals surface area contributed by atoms with E-state index in [1.54, 1.807) is 18.6 Å². The Morgan fingerprint density at radius 1 is 1.18 bits per heavy atom. The molecule has 3 aromatic rings. The van der Waals surface area contributed by atoms with E-state index in [1.807, 2.05) is 24.3 Å². The number of hydrogen-bond donors (Lipinski definition) is 1. The summed E-state index contributed by atoms with van der Waals surface area (Å²) in [4.78, 5) is 34.4. The highest BCUT2D eigenvalue weighted by Crippen LogP contribution is 2.36. The number of imidazole rings is 1. The monoisotopic (exact) mass is 376 g/mol. The van der Waals surface area contributed by atoms with Gasteiger partial charge in [0, 0.05) is 25.1 Å². The molecule has 1 aromatic carbocycles. The molecule has 0 radical (unpaired) electrons. The number of carbonyl (C=O) groups excluding carboxylic acids is 2. The van der Waals surface area contributed by atoms with Crippen LogP contribution < -0.4 is 5.32 Å². The van der Waals surface area contributed by atoms with E-state index in [0.717, 1.165) is 29.6 Å². The van der Waals surface area contributed by atoms with Gasteiger partial charge in [0.05, 0.1) is 19.0 Å².